The van der Waals surface area contributed by atoms with Crippen LogP contribution in [-0.2, 0) is 4.79 Å². The molecule has 1 aliphatic rings. The van der Waals surface area contributed by atoms with Crippen molar-refractivity contribution in [3.63, 3.8) is 0 Å². The van der Waals surface area contributed by atoms with Crippen LogP contribution in [0, 0.1) is 5.92 Å². The largest absolute Gasteiger partial charge is 0.342 e. The maximum Gasteiger partial charge on any atom is 0.226 e. The number of carbonyl (C=O) groups is 1. The third kappa shape index (κ3) is 3.57. The van der Waals surface area contributed by atoms with Gasteiger partial charge in [0.15, 0.2) is 0 Å². The van der Waals surface area contributed by atoms with E-state index < -0.39 is 0 Å². The maximum absolute atomic E-state index is 12.2. The lowest BCUT2D eigenvalue weighted by molar-refractivity contribution is -0.134. The lowest BCUT2D eigenvalue weighted by atomic mass is 9.92. The fourth-order valence-electron chi connectivity index (χ4n) is 2.79. The average Bonchev–Trinajstić information content (AvgIpc) is 2.72. The van der Waals surface area contributed by atoms with Gasteiger partial charge < -0.3 is 10.6 Å². The van der Waals surface area contributed by atoms with E-state index >= 15 is 0 Å². The molecule has 19 heavy (non-hydrogen) atoms. The summed E-state index contributed by atoms with van der Waals surface area (Å²) in [4.78, 5) is 14.2. The van der Waals surface area contributed by atoms with E-state index in [1.807, 2.05) is 11.8 Å². The summed E-state index contributed by atoms with van der Waals surface area (Å²) in [6.07, 6.45) is 3.32. The Balaban J connectivity index is 1.97. The zero-order chi connectivity index (χ0) is 13.7. The molecular weight excluding hydrogens is 236 g/mol. The number of hydrogen-bond donors (Lipinski definition) is 1. The molecule has 1 aromatic rings. The van der Waals surface area contributed by atoms with Crippen LogP contribution in [0.2, 0.25) is 0 Å². The standard InChI is InChI=1S/C16H24N2O/c1-13(12-17)16(19)18-10-5-8-15(9-11-18)14-6-3-2-4-7-14/h2-4,6-7,13,15H,5,8-12,17H2,1H3. The Morgan fingerprint density at radius 3 is 2.74 bits per heavy atom. The molecule has 2 N–H and O–H groups in total. The molecule has 0 radical (unpaired) electrons. The summed E-state index contributed by atoms with van der Waals surface area (Å²) in [5.41, 5.74) is 7.00. The van der Waals surface area contributed by atoms with Crippen molar-refractivity contribution in [1.82, 2.24) is 4.90 Å². The Morgan fingerprint density at radius 1 is 1.32 bits per heavy atom. The van der Waals surface area contributed by atoms with E-state index in [2.05, 4.69) is 30.3 Å². The molecule has 3 nitrogen and oxygen atoms in total. The Hall–Kier alpha value is -1.35. The van der Waals surface area contributed by atoms with Gasteiger partial charge in [-0.05, 0) is 30.7 Å². The van der Waals surface area contributed by atoms with Crippen LogP contribution in [0.5, 0.6) is 0 Å². The number of carbonyl (C=O) groups excluding carboxylic acids is 1. The molecule has 1 aliphatic heterocycles. The van der Waals surface area contributed by atoms with Gasteiger partial charge >= 0.3 is 0 Å². The lowest BCUT2D eigenvalue weighted by Gasteiger charge is -2.23. The van der Waals surface area contributed by atoms with Gasteiger partial charge in [-0.1, -0.05) is 37.3 Å². The number of nitrogens with zero attached hydrogens (tertiary/aromatic N) is 1. The number of likely N-dealkylation sites (tertiary alicyclic amines) is 1. The van der Waals surface area contributed by atoms with Crippen LogP contribution < -0.4 is 5.73 Å². The summed E-state index contributed by atoms with van der Waals surface area (Å²) >= 11 is 0. The van der Waals surface area contributed by atoms with E-state index in [9.17, 15) is 4.79 Å². The number of nitrogens with two attached hydrogens (primary N) is 1. The molecule has 104 valence electrons. The average molecular weight is 260 g/mol. The highest BCUT2D eigenvalue weighted by molar-refractivity contribution is 5.78. The number of benzene rings is 1. The summed E-state index contributed by atoms with van der Waals surface area (Å²) in [6, 6.07) is 10.6. The molecule has 0 saturated carbocycles. The first-order chi connectivity index (χ1) is 9.22. The third-order valence-corrected chi connectivity index (χ3v) is 4.09. The smallest absolute Gasteiger partial charge is 0.226 e. The van der Waals surface area contributed by atoms with Crippen molar-refractivity contribution >= 4 is 5.91 Å². The van der Waals surface area contributed by atoms with E-state index in [1.165, 1.54) is 12.0 Å². The van der Waals surface area contributed by atoms with Crippen molar-refractivity contribution in [2.24, 2.45) is 11.7 Å². The Labute approximate surface area is 115 Å². The lowest BCUT2D eigenvalue weighted by Crippen LogP contribution is -2.38. The van der Waals surface area contributed by atoms with Crippen LogP contribution in [0.3, 0.4) is 0 Å². The van der Waals surface area contributed by atoms with Gasteiger partial charge in [-0.25, -0.2) is 0 Å². The second kappa shape index (κ2) is 6.71. The predicted molar refractivity (Wildman–Crippen MR) is 77.8 cm³/mol. The molecule has 1 heterocycles. The molecule has 1 amide bonds. The first kappa shape index (κ1) is 14.1. The van der Waals surface area contributed by atoms with Crippen LogP contribution in [0.4, 0.5) is 0 Å². The van der Waals surface area contributed by atoms with Crippen LogP contribution in [-0.4, -0.2) is 30.4 Å². The molecular formula is C16H24N2O. The first-order valence-corrected chi connectivity index (χ1v) is 7.26. The SMILES string of the molecule is CC(CN)C(=O)N1CCCC(c2ccccc2)CC1. The summed E-state index contributed by atoms with van der Waals surface area (Å²) in [7, 11) is 0. The van der Waals surface area contributed by atoms with Gasteiger partial charge in [0, 0.05) is 25.6 Å². The van der Waals surface area contributed by atoms with Crippen molar-refractivity contribution in [3.8, 4) is 0 Å². The van der Waals surface area contributed by atoms with E-state index in [0.717, 1.165) is 25.9 Å². The van der Waals surface area contributed by atoms with Crippen molar-refractivity contribution in [1.29, 1.82) is 0 Å². The van der Waals surface area contributed by atoms with Crippen LogP contribution in [0.1, 0.15) is 37.7 Å². The zero-order valence-corrected chi connectivity index (χ0v) is 11.7. The molecule has 1 saturated heterocycles. The monoisotopic (exact) mass is 260 g/mol. The third-order valence-electron chi connectivity index (χ3n) is 4.09. The molecule has 1 aromatic carbocycles. The minimum Gasteiger partial charge on any atom is -0.342 e. The topological polar surface area (TPSA) is 46.3 Å². The van der Waals surface area contributed by atoms with Crippen LogP contribution in [0.15, 0.2) is 30.3 Å². The first-order valence-electron chi connectivity index (χ1n) is 7.26. The Morgan fingerprint density at radius 2 is 2.05 bits per heavy atom. The Kier molecular flexibility index (Phi) is 4.97. The second-order valence-corrected chi connectivity index (χ2v) is 5.50. The van der Waals surface area contributed by atoms with Gasteiger partial charge in [0.2, 0.25) is 5.91 Å². The van der Waals surface area contributed by atoms with E-state index in [-0.39, 0.29) is 11.8 Å². The van der Waals surface area contributed by atoms with Gasteiger partial charge in [-0.15, -0.1) is 0 Å². The van der Waals surface area contributed by atoms with E-state index in [1.54, 1.807) is 0 Å². The minimum atomic E-state index is -0.0479. The molecule has 2 rings (SSSR count). The fraction of sp³-hybridized carbons (Fsp3) is 0.562. The molecule has 1 fully saturated rings. The quantitative estimate of drug-likeness (QED) is 0.907. The summed E-state index contributed by atoms with van der Waals surface area (Å²) in [5.74, 6) is 0.761. The molecule has 0 aliphatic carbocycles. The summed E-state index contributed by atoms with van der Waals surface area (Å²) in [6.45, 7) is 4.11. The molecule has 0 aromatic heterocycles. The van der Waals surface area contributed by atoms with Crippen molar-refractivity contribution < 1.29 is 4.79 Å². The zero-order valence-electron chi connectivity index (χ0n) is 11.7. The molecule has 0 bridgehead atoms. The minimum absolute atomic E-state index is 0.0479. The molecule has 3 heteroatoms. The van der Waals surface area contributed by atoms with Gasteiger partial charge in [0.1, 0.15) is 0 Å². The van der Waals surface area contributed by atoms with E-state index in [4.69, 9.17) is 5.73 Å². The fourth-order valence-corrected chi connectivity index (χ4v) is 2.79. The Bertz CT molecular complexity index is 404. The number of rotatable bonds is 3. The van der Waals surface area contributed by atoms with E-state index in [0.29, 0.717) is 12.5 Å². The number of amides is 1. The highest BCUT2D eigenvalue weighted by Gasteiger charge is 2.23. The van der Waals surface area contributed by atoms with Gasteiger partial charge in [-0.2, -0.15) is 0 Å². The van der Waals surface area contributed by atoms with Crippen molar-refractivity contribution in [2.75, 3.05) is 19.6 Å². The van der Waals surface area contributed by atoms with Gasteiger partial charge in [0.05, 0.1) is 0 Å². The molecule has 2 atom stereocenters. The summed E-state index contributed by atoms with van der Waals surface area (Å²) in [5, 5.41) is 0. The van der Waals surface area contributed by atoms with Crippen molar-refractivity contribution in [2.45, 2.75) is 32.1 Å². The molecule has 0 spiro atoms. The predicted octanol–water partition coefficient (Wildman–Crippen LogP) is 2.38. The maximum atomic E-state index is 12.2. The van der Waals surface area contributed by atoms with Crippen LogP contribution in [0.25, 0.3) is 0 Å². The highest BCUT2D eigenvalue weighted by Crippen LogP contribution is 2.28. The molecule has 2 unspecified atom stereocenters. The van der Waals surface area contributed by atoms with Crippen molar-refractivity contribution in [3.05, 3.63) is 35.9 Å². The summed E-state index contributed by atoms with van der Waals surface area (Å²) < 4.78 is 0. The highest BCUT2D eigenvalue weighted by atomic mass is 16.2. The number of hydrogen-bond acceptors (Lipinski definition) is 2. The normalized spacial score (nSPS) is 21.8. The van der Waals surface area contributed by atoms with Gasteiger partial charge in [-0.3, -0.25) is 4.79 Å². The van der Waals surface area contributed by atoms with Gasteiger partial charge in [0.25, 0.3) is 0 Å². The van der Waals surface area contributed by atoms with Crippen LogP contribution >= 0.6 is 0 Å². The second-order valence-electron chi connectivity index (χ2n) is 5.50.